The van der Waals surface area contributed by atoms with E-state index in [9.17, 15) is 9.18 Å². The lowest BCUT2D eigenvalue weighted by molar-refractivity contribution is 0.391. The molecule has 0 aliphatic heterocycles. The number of nitrogens with zero attached hydrogens (tertiary/aromatic N) is 4. The van der Waals surface area contributed by atoms with E-state index in [0.29, 0.717) is 45.6 Å². The van der Waals surface area contributed by atoms with Gasteiger partial charge in [0.15, 0.2) is 5.16 Å². The first-order valence-corrected chi connectivity index (χ1v) is 10.2. The van der Waals surface area contributed by atoms with Gasteiger partial charge in [0.25, 0.3) is 5.56 Å². The molecule has 0 N–H and O–H groups in total. The molecule has 28 heavy (non-hydrogen) atoms. The summed E-state index contributed by atoms with van der Waals surface area (Å²) in [5.41, 5.74) is 1.22. The molecule has 0 unspecified atom stereocenters. The second kappa shape index (κ2) is 7.84. The first-order valence-electron chi connectivity index (χ1n) is 8.46. The molecule has 0 bridgehead atoms. The van der Waals surface area contributed by atoms with E-state index in [2.05, 4.69) is 31.1 Å². The van der Waals surface area contributed by atoms with Gasteiger partial charge in [-0.3, -0.25) is 9.36 Å². The first kappa shape index (κ1) is 18.8. The summed E-state index contributed by atoms with van der Waals surface area (Å²) in [5, 5.41) is 5.09. The second-order valence-electron chi connectivity index (χ2n) is 5.91. The number of thioether (sulfide) groups is 1. The zero-order chi connectivity index (χ0) is 19.7. The number of benzene rings is 2. The topological polar surface area (TPSA) is 73.8 Å². The van der Waals surface area contributed by atoms with Gasteiger partial charge in [-0.15, -0.1) is 0 Å². The minimum Gasteiger partial charge on any atom is -0.338 e. The van der Waals surface area contributed by atoms with Gasteiger partial charge in [-0.1, -0.05) is 32.8 Å². The molecule has 0 aliphatic rings. The van der Waals surface area contributed by atoms with Gasteiger partial charge in [-0.05, 0) is 49.4 Å². The summed E-state index contributed by atoms with van der Waals surface area (Å²) in [4.78, 5) is 21.7. The fourth-order valence-corrected chi connectivity index (χ4v) is 3.98. The summed E-state index contributed by atoms with van der Waals surface area (Å²) in [5.74, 6) is 0.828. The maximum absolute atomic E-state index is 13.0. The van der Waals surface area contributed by atoms with Crippen LogP contribution in [0.25, 0.3) is 22.3 Å². The summed E-state index contributed by atoms with van der Waals surface area (Å²) in [7, 11) is 0. The Bertz CT molecular complexity index is 1210. The molecule has 6 nitrogen and oxygen atoms in total. The number of fused-ring (bicyclic) bond motifs is 1. The van der Waals surface area contributed by atoms with Crippen molar-refractivity contribution in [3.8, 4) is 11.4 Å². The monoisotopic (exact) mass is 460 g/mol. The lowest BCUT2D eigenvalue weighted by Gasteiger charge is -2.10. The molecule has 142 valence electrons. The quantitative estimate of drug-likeness (QED) is 0.318. The average molecular weight is 461 g/mol. The molecule has 0 saturated heterocycles. The van der Waals surface area contributed by atoms with E-state index in [-0.39, 0.29) is 11.4 Å². The Morgan fingerprint density at radius 3 is 2.71 bits per heavy atom. The summed E-state index contributed by atoms with van der Waals surface area (Å²) >= 11 is 4.74. The molecular formula is C19H14BrFN4O2S. The van der Waals surface area contributed by atoms with Crippen LogP contribution in [0.3, 0.4) is 0 Å². The molecule has 0 saturated carbocycles. The first-order chi connectivity index (χ1) is 13.5. The summed E-state index contributed by atoms with van der Waals surface area (Å²) in [6.07, 6.45) is 0. The van der Waals surface area contributed by atoms with Crippen molar-refractivity contribution in [2.45, 2.75) is 24.4 Å². The van der Waals surface area contributed by atoms with Crippen LogP contribution >= 0.6 is 27.7 Å². The highest BCUT2D eigenvalue weighted by molar-refractivity contribution is 9.10. The minimum absolute atomic E-state index is 0.0890. The maximum Gasteiger partial charge on any atom is 0.262 e. The molecule has 0 amide bonds. The smallest absolute Gasteiger partial charge is 0.262 e. The second-order valence-corrected chi connectivity index (χ2v) is 7.77. The van der Waals surface area contributed by atoms with Crippen LogP contribution in [-0.2, 0) is 12.3 Å². The Morgan fingerprint density at radius 2 is 1.96 bits per heavy atom. The van der Waals surface area contributed by atoms with E-state index in [1.165, 1.54) is 23.9 Å². The van der Waals surface area contributed by atoms with Gasteiger partial charge < -0.3 is 4.52 Å². The number of halogens is 2. The number of hydrogen-bond acceptors (Lipinski definition) is 6. The van der Waals surface area contributed by atoms with E-state index >= 15 is 0 Å². The molecule has 0 fully saturated rings. The summed E-state index contributed by atoms with van der Waals surface area (Å²) in [6, 6.07) is 11.3. The van der Waals surface area contributed by atoms with Crippen molar-refractivity contribution >= 4 is 38.6 Å². The van der Waals surface area contributed by atoms with Gasteiger partial charge in [0.05, 0.1) is 16.7 Å². The van der Waals surface area contributed by atoms with Crippen LogP contribution in [0, 0.1) is 5.82 Å². The predicted octanol–water partition coefficient (Wildman–Crippen LogP) is 4.66. The van der Waals surface area contributed by atoms with Crippen molar-refractivity contribution in [3.05, 3.63) is 69.0 Å². The molecular weight excluding hydrogens is 447 g/mol. The normalized spacial score (nSPS) is 11.2. The number of hydrogen-bond donors (Lipinski definition) is 0. The number of rotatable bonds is 5. The molecule has 2 aromatic carbocycles. The predicted molar refractivity (Wildman–Crippen MR) is 109 cm³/mol. The highest BCUT2D eigenvalue weighted by Crippen LogP contribution is 2.24. The Labute approximate surface area is 171 Å². The molecule has 0 aliphatic carbocycles. The van der Waals surface area contributed by atoms with Crippen molar-refractivity contribution < 1.29 is 8.91 Å². The minimum atomic E-state index is -0.324. The molecule has 0 atom stereocenters. The van der Waals surface area contributed by atoms with Crippen molar-refractivity contribution in [1.82, 2.24) is 19.7 Å². The van der Waals surface area contributed by atoms with Crippen LogP contribution in [0.5, 0.6) is 0 Å². The van der Waals surface area contributed by atoms with E-state index < -0.39 is 0 Å². The lowest BCUT2D eigenvalue weighted by atomic mass is 10.2. The van der Waals surface area contributed by atoms with Crippen LogP contribution in [0.15, 0.2) is 61.4 Å². The van der Waals surface area contributed by atoms with Crippen molar-refractivity contribution in [2.24, 2.45) is 0 Å². The molecule has 0 radical (unpaired) electrons. The Morgan fingerprint density at radius 1 is 1.18 bits per heavy atom. The lowest BCUT2D eigenvalue weighted by Crippen LogP contribution is -2.22. The van der Waals surface area contributed by atoms with E-state index in [4.69, 9.17) is 4.52 Å². The van der Waals surface area contributed by atoms with Crippen LogP contribution in [0.1, 0.15) is 12.8 Å². The largest absolute Gasteiger partial charge is 0.338 e. The van der Waals surface area contributed by atoms with Crippen LogP contribution in [0.2, 0.25) is 0 Å². The van der Waals surface area contributed by atoms with Gasteiger partial charge in [0.2, 0.25) is 11.7 Å². The van der Waals surface area contributed by atoms with E-state index in [1.54, 1.807) is 22.8 Å². The summed E-state index contributed by atoms with van der Waals surface area (Å²) < 4.78 is 20.8. The van der Waals surface area contributed by atoms with Crippen LogP contribution < -0.4 is 5.56 Å². The van der Waals surface area contributed by atoms with Gasteiger partial charge in [-0.25, -0.2) is 9.37 Å². The van der Waals surface area contributed by atoms with Crippen molar-refractivity contribution in [3.63, 3.8) is 0 Å². The van der Waals surface area contributed by atoms with Gasteiger partial charge in [0.1, 0.15) is 5.82 Å². The SMILES string of the molecule is CCn1c(SCc2nc(-c3ccc(F)cc3)no2)nc2ccc(Br)cc2c1=O. The zero-order valence-corrected chi connectivity index (χ0v) is 17.1. The third kappa shape index (κ3) is 3.72. The van der Waals surface area contributed by atoms with Gasteiger partial charge in [-0.2, -0.15) is 4.98 Å². The molecule has 2 aromatic heterocycles. The zero-order valence-electron chi connectivity index (χ0n) is 14.7. The highest BCUT2D eigenvalue weighted by atomic mass is 79.9. The molecule has 9 heteroatoms. The maximum atomic E-state index is 13.0. The fourth-order valence-electron chi connectivity index (χ4n) is 2.72. The Kier molecular flexibility index (Phi) is 5.27. The third-order valence-corrected chi connectivity index (χ3v) is 5.55. The van der Waals surface area contributed by atoms with Crippen LogP contribution in [0.4, 0.5) is 4.39 Å². The van der Waals surface area contributed by atoms with Crippen molar-refractivity contribution in [1.29, 1.82) is 0 Å². The molecule has 4 rings (SSSR count). The molecule has 4 aromatic rings. The molecule has 0 spiro atoms. The van der Waals surface area contributed by atoms with Gasteiger partial charge >= 0.3 is 0 Å². The fraction of sp³-hybridized carbons (Fsp3) is 0.158. The van der Waals surface area contributed by atoms with Gasteiger partial charge in [0, 0.05) is 16.6 Å². The average Bonchev–Trinajstić information content (AvgIpc) is 3.16. The Hall–Kier alpha value is -2.52. The standard InChI is InChI=1S/C19H14BrFN4O2S/c1-2-25-18(26)14-9-12(20)5-8-15(14)22-19(25)28-10-16-23-17(24-27-16)11-3-6-13(21)7-4-11/h3-9H,2,10H2,1H3. The van der Waals surface area contributed by atoms with E-state index in [0.717, 1.165) is 4.47 Å². The molecule has 2 heterocycles. The van der Waals surface area contributed by atoms with E-state index in [1.807, 2.05) is 19.1 Å². The summed E-state index contributed by atoms with van der Waals surface area (Å²) in [6.45, 7) is 2.40. The third-order valence-electron chi connectivity index (χ3n) is 4.09. The van der Waals surface area contributed by atoms with Crippen LogP contribution in [-0.4, -0.2) is 19.7 Å². The van der Waals surface area contributed by atoms with Crippen molar-refractivity contribution in [2.75, 3.05) is 0 Å². The Balaban J connectivity index is 1.60. The number of aromatic nitrogens is 4. The highest BCUT2D eigenvalue weighted by Gasteiger charge is 2.14.